The van der Waals surface area contributed by atoms with Gasteiger partial charge < -0.3 is 14.2 Å². The predicted octanol–water partition coefficient (Wildman–Crippen LogP) is 1.42. The number of aliphatic hydroxyl groups excluding tert-OH is 1. The lowest BCUT2D eigenvalue weighted by Crippen LogP contribution is -2.01. The van der Waals surface area contributed by atoms with E-state index in [2.05, 4.69) is 6.20 Å². The molecular formula is C11H12NO2. The van der Waals surface area contributed by atoms with E-state index in [1.54, 1.807) is 0 Å². The van der Waals surface area contributed by atoms with E-state index in [-0.39, 0.29) is 6.61 Å². The van der Waals surface area contributed by atoms with Crippen LogP contribution in [0.1, 0.15) is 5.56 Å². The molecule has 0 amide bonds. The average molecular weight is 190 g/mol. The lowest BCUT2D eigenvalue weighted by molar-refractivity contribution is 0.202. The molecule has 14 heavy (non-hydrogen) atoms. The normalized spacial score (nSPS) is 10.7. The molecule has 0 saturated carbocycles. The van der Waals surface area contributed by atoms with E-state index >= 15 is 0 Å². The third-order valence-electron chi connectivity index (χ3n) is 2.06. The third-order valence-corrected chi connectivity index (χ3v) is 2.06. The second-order valence-corrected chi connectivity index (χ2v) is 3.09. The Labute approximate surface area is 82.6 Å². The summed E-state index contributed by atoms with van der Waals surface area (Å²) < 4.78 is 7.33. The maximum atomic E-state index is 8.69. The number of nitrogens with zero attached hydrogens (tertiary/aromatic N) is 1. The van der Waals surface area contributed by atoms with Gasteiger partial charge in [-0.05, 0) is 19.1 Å². The highest BCUT2D eigenvalue weighted by molar-refractivity contribution is 5.63. The molecule has 0 saturated heterocycles. The lowest BCUT2D eigenvalue weighted by atomic mass is 10.3. The maximum absolute atomic E-state index is 8.69. The summed E-state index contributed by atoms with van der Waals surface area (Å²) in [4.78, 5) is 0. The molecule has 0 atom stereocenters. The first-order valence-electron chi connectivity index (χ1n) is 4.55. The summed E-state index contributed by atoms with van der Waals surface area (Å²) in [5.74, 6) is 0.805. The first-order chi connectivity index (χ1) is 6.83. The van der Waals surface area contributed by atoms with Crippen molar-refractivity contribution in [1.82, 2.24) is 4.40 Å². The average Bonchev–Trinajstić information content (AvgIpc) is 2.51. The van der Waals surface area contributed by atoms with Gasteiger partial charge in [0.25, 0.3) is 0 Å². The first-order valence-corrected chi connectivity index (χ1v) is 4.55. The van der Waals surface area contributed by atoms with Gasteiger partial charge in [0, 0.05) is 11.8 Å². The standard InChI is InChI=1S/C11H12NO2/c1-9-8-12-5-3-2-4-10(12)11(9)14-7-6-13/h2-5,13H,6-7H2,1H3. The summed E-state index contributed by atoms with van der Waals surface area (Å²) in [7, 11) is 0. The van der Waals surface area contributed by atoms with Crippen LogP contribution in [0.25, 0.3) is 5.52 Å². The van der Waals surface area contributed by atoms with Crippen molar-refractivity contribution in [1.29, 1.82) is 0 Å². The van der Waals surface area contributed by atoms with Crippen molar-refractivity contribution in [2.24, 2.45) is 0 Å². The highest BCUT2D eigenvalue weighted by Crippen LogP contribution is 2.25. The lowest BCUT2D eigenvalue weighted by Gasteiger charge is -2.03. The minimum atomic E-state index is 0.0314. The number of pyridine rings is 1. The molecular weight excluding hydrogens is 178 g/mol. The van der Waals surface area contributed by atoms with E-state index in [4.69, 9.17) is 9.84 Å². The Morgan fingerprint density at radius 2 is 2.36 bits per heavy atom. The topological polar surface area (TPSA) is 33.9 Å². The van der Waals surface area contributed by atoms with Crippen LogP contribution in [-0.2, 0) is 0 Å². The van der Waals surface area contributed by atoms with Crippen molar-refractivity contribution in [3.8, 4) is 5.75 Å². The Balaban J connectivity index is 2.45. The smallest absolute Gasteiger partial charge is 0.148 e. The molecule has 1 N–H and O–H groups in total. The number of fused-ring (bicyclic) bond motifs is 1. The second-order valence-electron chi connectivity index (χ2n) is 3.09. The third kappa shape index (κ3) is 1.46. The van der Waals surface area contributed by atoms with E-state index in [1.807, 2.05) is 35.7 Å². The monoisotopic (exact) mass is 190 g/mol. The number of aromatic nitrogens is 1. The molecule has 0 aromatic carbocycles. The molecule has 0 fully saturated rings. The van der Waals surface area contributed by atoms with Crippen molar-refractivity contribution in [3.05, 3.63) is 36.2 Å². The van der Waals surface area contributed by atoms with Crippen LogP contribution in [0.5, 0.6) is 5.75 Å². The minimum Gasteiger partial charge on any atom is -0.489 e. The SMILES string of the molecule is Cc1[c]n2ccccc2c1OCCO. The molecule has 0 aliphatic heterocycles. The maximum Gasteiger partial charge on any atom is 0.148 e. The molecule has 0 unspecified atom stereocenters. The van der Waals surface area contributed by atoms with Gasteiger partial charge >= 0.3 is 0 Å². The van der Waals surface area contributed by atoms with E-state index in [0.29, 0.717) is 6.61 Å². The van der Waals surface area contributed by atoms with E-state index < -0.39 is 0 Å². The number of aliphatic hydroxyl groups is 1. The van der Waals surface area contributed by atoms with Gasteiger partial charge in [0.05, 0.1) is 18.3 Å². The van der Waals surface area contributed by atoms with Crippen LogP contribution in [0.4, 0.5) is 0 Å². The van der Waals surface area contributed by atoms with Crippen molar-refractivity contribution in [2.45, 2.75) is 6.92 Å². The van der Waals surface area contributed by atoms with Crippen molar-refractivity contribution < 1.29 is 9.84 Å². The van der Waals surface area contributed by atoms with Crippen LogP contribution in [0.15, 0.2) is 24.4 Å². The molecule has 0 spiro atoms. The Kier molecular flexibility index (Phi) is 2.41. The predicted molar refractivity (Wildman–Crippen MR) is 53.6 cm³/mol. The number of hydrogen-bond donors (Lipinski definition) is 1. The van der Waals surface area contributed by atoms with Crippen molar-refractivity contribution >= 4 is 5.52 Å². The van der Waals surface area contributed by atoms with E-state index in [1.165, 1.54) is 0 Å². The van der Waals surface area contributed by atoms with Gasteiger partial charge in [-0.25, -0.2) is 0 Å². The quantitative estimate of drug-likeness (QED) is 0.794. The zero-order valence-electron chi connectivity index (χ0n) is 8.03. The zero-order chi connectivity index (χ0) is 9.97. The van der Waals surface area contributed by atoms with Crippen LogP contribution in [0.3, 0.4) is 0 Å². The van der Waals surface area contributed by atoms with Gasteiger partial charge in [-0.2, -0.15) is 0 Å². The number of aryl methyl sites for hydroxylation is 1. The van der Waals surface area contributed by atoms with Gasteiger partial charge in [0.1, 0.15) is 12.4 Å². The Morgan fingerprint density at radius 1 is 1.50 bits per heavy atom. The first kappa shape index (κ1) is 9.09. The molecule has 1 radical (unpaired) electrons. The number of rotatable bonds is 3. The van der Waals surface area contributed by atoms with Crippen LogP contribution in [-0.4, -0.2) is 22.7 Å². The summed E-state index contributed by atoms with van der Waals surface area (Å²) >= 11 is 0. The molecule has 3 heteroatoms. The number of ether oxygens (including phenoxy) is 1. The minimum absolute atomic E-state index is 0.0314. The fourth-order valence-electron chi connectivity index (χ4n) is 1.48. The van der Waals surface area contributed by atoms with Crippen molar-refractivity contribution in [2.75, 3.05) is 13.2 Å². The highest BCUT2D eigenvalue weighted by Gasteiger charge is 2.07. The Morgan fingerprint density at radius 3 is 3.14 bits per heavy atom. The van der Waals surface area contributed by atoms with Crippen LogP contribution in [0, 0.1) is 13.1 Å². The summed E-state index contributed by atoms with van der Waals surface area (Å²) in [6.07, 6.45) is 5.07. The molecule has 0 bridgehead atoms. The zero-order valence-corrected chi connectivity index (χ0v) is 8.03. The van der Waals surface area contributed by atoms with E-state index in [0.717, 1.165) is 16.8 Å². The van der Waals surface area contributed by atoms with Gasteiger partial charge in [-0.1, -0.05) is 6.07 Å². The van der Waals surface area contributed by atoms with Gasteiger partial charge in [-0.15, -0.1) is 0 Å². The van der Waals surface area contributed by atoms with Gasteiger partial charge in [-0.3, -0.25) is 0 Å². The molecule has 73 valence electrons. The highest BCUT2D eigenvalue weighted by atomic mass is 16.5. The molecule has 0 aliphatic carbocycles. The van der Waals surface area contributed by atoms with E-state index in [9.17, 15) is 0 Å². The summed E-state index contributed by atoms with van der Waals surface area (Å²) in [5.41, 5.74) is 1.95. The fraction of sp³-hybridized carbons (Fsp3) is 0.273. The number of hydrogen-bond acceptors (Lipinski definition) is 2. The molecule has 2 aromatic heterocycles. The Bertz CT molecular complexity index is 434. The van der Waals surface area contributed by atoms with Gasteiger partial charge in [0.2, 0.25) is 0 Å². The summed E-state index contributed by atoms with van der Waals surface area (Å²) in [6, 6.07) is 5.86. The molecule has 3 nitrogen and oxygen atoms in total. The second kappa shape index (κ2) is 3.72. The van der Waals surface area contributed by atoms with Gasteiger partial charge in [0.15, 0.2) is 0 Å². The van der Waals surface area contributed by atoms with Crippen LogP contribution < -0.4 is 4.74 Å². The molecule has 2 aromatic rings. The molecule has 2 heterocycles. The van der Waals surface area contributed by atoms with Crippen LogP contribution >= 0.6 is 0 Å². The molecule has 2 rings (SSSR count). The Hall–Kier alpha value is -1.48. The van der Waals surface area contributed by atoms with Crippen LogP contribution in [0.2, 0.25) is 0 Å². The van der Waals surface area contributed by atoms with Crippen molar-refractivity contribution in [3.63, 3.8) is 0 Å². The fourth-order valence-corrected chi connectivity index (χ4v) is 1.48. The summed E-state index contributed by atoms with van der Waals surface area (Å²) in [6.45, 7) is 2.30. The molecule has 0 aliphatic rings. The summed E-state index contributed by atoms with van der Waals surface area (Å²) in [5, 5.41) is 8.69. The largest absolute Gasteiger partial charge is 0.489 e.